The first-order chi connectivity index (χ1) is 21.8. The minimum atomic E-state index is 1.01. The van der Waals surface area contributed by atoms with Crippen LogP contribution in [0.2, 0.25) is 0 Å². The van der Waals surface area contributed by atoms with Crippen molar-refractivity contribution >= 4 is 54.0 Å². The summed E-state index contributed by atoms with van der Waals surface area (Å²) >= 11 is 0. The number of pyridine rings is 1. The molecule has 0 unspecified atom stereocenters. The van der Waals surface area contributed by atoms with Crippen LogP contribution >= 0.6 is 0 Å². The fourth-order valence-electron chi connectivity index (χ4n) is 7.12. The van der Waals surface area contributed by atoms with Crippen LogP contribution in [0.15, 0.2) is 164 Å². The predicted octanol–water partition coefficient (Wildman–Crippen LogP) is 11.8. The molecule has 1 heteroatoms. The Kier molecular flexibility index (Phi) is 5.57. The van der Waals surface area contributed by atoms with Crippen molar-refractivity contribution in [1.82, 2.24) is 4.98 Å². The van der Waals surface area contributed by atoms with Crippen LogP contribution in [0.25, 0.3) is 87.4 Å². The van der Waals surface area contributed by atoms with Gasteiger partial charge >= 0.3 is 0 Å². The molecule has 0 radical (unpaired) electrons. The summed E-state index contributed by atoms with van der Waals surface area (Å²) < 4.78 is 0. The molecule has 0 saturated carbocycles. The van der Waals surface area contributed by atoms with E-state index in [4.69, 9.17) is 4.98 Å². The maximum Gasteiger partial charge on any atom is 0.0708 e. The number of nitrogens with zero attached hydrogens (tertiary/aromatic N) is 1. The Morgan fingerprint density at radius 2 is 0.932 bits per heavy atom. The fourth-order valence-corrected chi connectivity index (χ4v) is 7.12. The third-order valence-corrected chi connectivity index (χ3v) is 9.08. The second-order valence-electron chi connectivity index (χ2n) is 11.5. The molecule has 9 aromatic rings. The molecule has 0 saturated heterocycles. The second kappa shape index (κ2) is 9.90. The van der Waals surface area contributed by atoms with E-state index in [1.165, 1.54) is 81.9 Å². The van der Waals surface area contributed by atoms with E-state index in [0.29, 0.717) is 0 Å². The topological polar surface area (TPSA) is 12.9 Å². The van der Waals surface area contributed by atoms with Crippen molar-refractivity contribution in [1.29, 1.82) is 0 Å². The zero-order chi connectivity index (χ0) is 29.0. The molecule has 0 N–H and O–H groups in total. The van der Waals surface area contributed by atoms with Crippen molar-refractivity contribution in [3.63, 3.8) is 0 Å². The summed E-state index contributed by atoms with van der Waals surface area (Å²) in [5.74, 6) is 0. The molecule has 0 bridgehead atoms. The van der Waals surface area contributed by atoms with E-state index in [1.807, 2.05) is 0 Å². The zero-order valence-corrected chi connectivity index (χ0v) is 24.0. The van der Waals surface area contributed by atoms with Gasteiger partial charge in [-0.15, -0.1) is 0 Å². The van der Waals surface area contributed by atoms with Crippen molar-refractivity contribution in [3.05, 3.63) is 164 Å². The lowest BCUT2D eigenvalue weighted by Crippen LogP contribution is -1.94. The van der Waals surface area contributed by atoms with Crippen molar-refractivity contribution < 1.29 is 0 Å². The lowest BCUT2D eigenvalue weighted by molar-refractivity contribution is 1.45. The standard InChI is InChI=1S/C43H27N/c1-2-13-29(14-3-1)32-24-25-37(34-17-7-6-16-33(32)34)42-36-19-9-8-18-35(36)41(31-23-22-28-12-4-5-15-30(28)26-31)43-38-20-10-11-21-40(38)44-27-39(42)43/h1-27H. The summed E-state index contributed by atoms with van der Waals surface area (Å²) in [5.41, 5.74) is 8.41. The zero-order valence-electron chi connectivity index (χ0n) is 24.0. The Labute approximate surface area is 255 Å². The number of rotatable bonds is 3. The van der Waals surface area contributed by atoms with Crippen LogP contribution in [0, 0.1) is 0 Å². The molecule has 0 aliphatic heterocycles. The third-order valence-electron chi connectivity index (χ3n) is 9.08. The highest BCUT2D eigenvalue weighted by Gasteiger charge is 2.21. The van der Waals surface area contributed by atoms with Gasteiger partial charge < -0.3 is 0 Å². The number of benzene rings is 8. The van der Waals surface area contributed by atoms with E-state index in [1.54, 1.807) is 0 Å². The Morgan fingerprint density at radius 1 is 0.341 bits per heavy atom. The summed E-state index contributed by atoms with van der Waals surface area (Å²) in [6, 6.07) is 57.1. The monoisotopic (exact) mass is 557 g/mol. The third kappa shape index (κ3) is 3.76. The molecule has 204 valence electrons. The molecule has 44 heavy (non-hydrogen) atoms. The normalized spacial score (nSPS) is 11.6. The largest absolute Gasteiger partial charge is 0.256 e. The molecule has 9 rings (SSSR count). The molecule has 0 aliphatic rings. The SMILES string of the molecule is c1ccc(-c2ccc(-c3c4ccccc4c(-c4ccc5ccccc5c4)c4c3cnc3ccccc34)c3ccccc23)cc1. The highest BCUT2D eigenvalue weighted by molar-refractivity contribution is 6.29. The first-order valence-electron chi connectivity index (χ1n) is 15.1. The van der Waals surface area contributed by atoms with Crippen molar-refractivity contribution in [3.8, 4) is 33.4 Å². The van der Waals surface area contributed by atoms with Gasteiger partial charge in [0.1, 0.15) is 0 Å². The molecule has 1 aromatic heterocycles. The summed E-state index contributed by atoms with van der Waals surface area (Å²) in [6.45, 7) is 0. The molecule has 0 aliphatic carbocycles. The smallest absolute Gasteiger partial charge is 0.0708 e. The Balaban J connectivity index is 1.46. The van der Waals surface area contributed by atoms with Gasteiger partial charge in [0.25, 0.3) is 0 Å². The van der Waals surface area contributed by atoms with Crippen LogP contribution in [-0.2, 0) is 0 Å². The van der Waals surface area contributed by atoms with Gasteiger partial charge in [-0.3, -0.25) is 4.98 Å². The van der Waals surface area contributed by atoms with Crippen LogP contribution in [-0.4, -0.2) is 4.98 Å². The Hall–Kier alpha value is -5.79. The van der Waals surface area contributed by atoms with E-state index in [9.17, 15) is 0 Å². The minimum absolute atomic E-state index is 1.01. The molecular weight excluding hydrogens is 530 g/mol. The van der Waals surface area contributed by atoms with E-state index >= 15 is 0 Å². The first-order valence-corrected chi connectivity index (χ1v) is 15.1. The number of aromatic nitrogens is 1. The number of fused-ring (bicyclic) bond motifs is 6. The van der Waals surface area contributed by atoms with Crippen molar-refractivity contribution in [2.45, 2.75) is 0 Å². The Bertz CT molecular complexity index is 2540. The fraction of sp³-hybridized carbons (Fsp3) is 0. The molecule has 0 atom stereocenters. The van der Waals surface area contributed by atoms with Gasteiger partial charge in [0.05, 0.1) is 5.52 Å². The summed E-state index contributed by atoms with van der Waals surface area (Å²) in [4.78, 5) is 5.03. The second-order valence-corrected chi connectivity index (χ2v) is 11.5. The van der Waals surface area contributed by atoms with E-state index < -0.39 is 0 Å². The molecular formula is C43H27N. The average molecular weight is 558 g/mol. The number of hydrogen-bond acceptors (Lipinski definition) is 1. The Morgan fingerprint density at radius 3 is 1.73 bits per heavy atom. The summed E-state index contributed by atoms with van der Waals surface area (Å²) in [5, 5.41) is 11.1. The highest BCUT2D eigenvalue weighted by atomic mass is 14.7. The molecule has 1 heterocycles. The lowest BCUT2D eigenvalue weighted by atomic mass is 9.83. The minimum Gasteiger partial charge on any atom is -0.256 e. The van der Waals surface area contributed by atoms with Gasteiger partial charge in [0.15, 0.2) is 0 Å². The van der Waals surface area contributed by atoms with E-state index in [0.717, 1.165) is 5.52 Å². The van der Waals surface area contributed by atoms with Crippen LogP contribution in [0.5, 0.6) is 0 Å². The van der Waals surface area contributed by atoms with Gasteiger partial charge in [-0.05, 0) is 77.8 Å². The average Bonchev–Trinajstić information content (AvgIpc) is 3.10. The maximum absolute atomic E-state index is 5.03. The highest BCUT2D eigenvalue weighted by Crippen LogP contribution is 2.48. The van der Waals surface area contributed by atoms with Crippen LogP contribution < -0.4 is 0 Å². The van der Waals surface area contributed by atoms with Gasteiger partial charge in [-0.1, -0.05) is 146 Å². The van der Waals surface area contributed by atoms with Crippen LogP contribution in [0.1, 0.15) is 0 Å². The van der Waals surface area contributed by atoms with Crippen LogP contribution in [0.4, 0.5) is 0 Å². The summed E-state index contributed by atoms with van der Waals surface area (Å²) in [6.07, 6.45) is 2.10. The first kappa shape index (κ1) is 24.8. The van der Waals surface area contributed by atoms with Crippen molar-refractivity contribution in [2.24, 2.45) is 0 Å². The van der Waals surface area contributed by atoms with E-state index in [2.05, 4.69) is 164 Å². The quantitative estimate of drug-likeness (QED) is 0.155. The maximum atomic E-state index is 5.03. The van der Waals surface area contributed by atoms with Gasteiger partial charge in [0.2, 0.25) is 0 Å². The molecule has 0 spiro atoms. The number of para-hydroxylation sites is 1. The van der Waals surface area contributed by atoms with E-state index in [-0.39, 0.29) is 0 Å². The van der Waals surface area contributed by atoms with Gasteiger partial charge in [0, 0.05) is 22.4 Å². The molecule has 0 amide bonds. The van der Waals surface area contributed by atoms with Crippen molar-refractivity contribution in [2.75, 3.05) is 0 Å². The predicted molar refractivity (Wildman–Crippen MR) is 188 cm³/mol. The molecule has 0 fully saturated rings. The van der Waals surface area contributed by atoms with Gasteiger partial charge in [-0.25, -0.2) is 0 Å². The van der Waals surface area contributed by atoms with Gasteiger partial charge in [-0.2, -0.15) is 0 Å². The lowest BCUT2D eigenvalue weighted by Gasteiger charge is -2.20. The number of hydrogen-bond donors (Lipinski definition) is 0. The van der Waals surface area contributed by atoms with Crippen LogP contribution in [0.3, 0.4) is 0 Å². The summed E-state index contributed by atoms with van der Waals surface area (Å²) in [7, 11) is 0. The molecule has 1 nitrogen and oxygen atoms in total. The molecule has 8 aromatic carbocycles.